The Balaban J connectivity index is 2.15. The van der Waals surface area contributed by atoms with Gasteiger partial charge in [0.15, 0.2) is 0 Å². The first-order valence-corrected chi connectivity index (χ1v) is 7.16. The van der Waals surface area contributed by atoms with E-state index in [0.717, 1.165) is 21.9 Å². The van der Waals surface area contributed by atoms with Gasteiger partial charge in [0.2, 0.25) is 0 Å². The monoisotopic (exact) mass is 297 g/mol. The van der Waals surface area contributed by atoms with Crippen LogP contribution in [0.4, 0.5) is 0 Å². The minimum Gasteiger partial charge on any atom is -0.320 e. The van der Waals surface area contributed by atoms with E-state index >= 15 is 0 Å². The van der Waals surface area contributed by atoms with Crippen molar-refractivity contribution < 1.29 is 0 Å². The molecule has 0 spiro atoms. The van der Waals surface area contributed by atoms with Gasteiger partial charge in [0.05, 0.1) is 23.5 Å². The summed E-state index contributed by atoms with van der Waals surface area (Å²) in [6.45, 7) is 0.677. The zero-order chi connectivity index (χ0) is 12.5. The van der Waals surface area contributed by atoms with E-state index < -0.39 is 0 Å². The summed E-state index contributed by atoms with van der Waals surface area (Å²) in [6.07, 6.45) is 1.80. The predicted molar refractivity (Wildman–Crippen MR) is 75.5 cm³/mol. The van der Waals surface area contributed by atoms with Crippen molar-refractivity contribution in [2.45, 2.75) is 12.4 Å². The Labute approximate surface area is 118 Å². The van der Waals surface area contributed by atoms with Crippen LogP contribution in [0.25, 0.3) is 11.0 Å². The summed E-state index contributed by atoms with van der Waals surface area (Å²) in [4.78, 5) is 8.79. The van der Waals surface area contributed by atoms with Gasteiger partial charge in [-0.1, -0.05) is 11.6 Å². The first kappa shape index (κ1) is 12.0. The van der Waals surface area contributed by atoms with Crippen LogP contribution in [0, 0.1) is 0 Å². The lowest BCUT2D eigenvalue weighted by atomic mass is 10.3. The van der Waals surface area contributed by atoms with Crippen LogP contribution in [0.5, 0.6) is 0 Å². The van der Waals surface area contributed by atoms with Gasteiger partial charge in [-0.3, -0.25) is 0 Å². The third-order valence-corrected chi connectivity index (χ3v) is 3.92. The Morgan fingerprint density at radius 1 is 1.33 bits per heavy atom. The third kappa shape index (κ3) is 2.11. The minimum atomic E-state index is 0.373. The molecular weight excluding hydrogens is 289 g/mol. The second-order valence-electron chi connectivity index (χ2n) is 3.81. The molecule has 2 heterocycles. The topological polar surface area (TPSA) is 30.7 Å². The van der Waals surface area contributed by atoms with E-state index in [1.807, 2.05) is 23.6 Å². The van der Waals surface area contributed by atoms with Gasteiger partial charge in [0, 0.05) is 16.6 Å². The van der Waals surface area contributed by atoms with Crippen LogP contribution in [-0.2, 0) is 12.4 Å². The molecular formula is C12H9Cl2N3S. The van der Waals surface area contributed by atoms with Crippen molar-refractivity contribution >= 4 is 45.6 Å². The highest BCUT2D eigenvalue weighted by atomic mass is 35.5. The Bertz CT molecular complexity index is 676. The molecule has 6 heteroatoms. The van der Waals surface area contributed by atoms with Gasteiger partial charge in [-0.25, -0.2) is 9.97 Å². The Hall–Kier alpha value is -1.10. The number of rotatable bonds is 3. The summed E-state index contributed by atoms with van der Waals surface area (Å²) in [5, 5.41) is 3.69. The molecule has 0 atom stereocenters. The molecule has 0 N–H and O–H groups in total. The Morgan fingerprint density at radius 3 is 2.94 bits per heavy atom. The fourth-order valence-corrected chi connectivity index (χ4v) is 2.87. The largest absolute Gasteiger partial charge is 0.320 e. The van der Waals surface area contributed by atoms with Crippen LogP contribution in [0.2, 0.25) is 5.02 Å². The Kier molecular flexibility index (Phi) is 3.24. The smallest absolute Gasteiger partial charge is 0.125 e. The van der Waals surface area contributed by atoms with Crippen molar-refractivity contribution in [3.05, 3.63) is 45.6 Å². The molecule has 0 bridgehead atoms. The summed E-state index contributed by atoms with van der Waals surface area (Å²) >= 11 is 13.6. The summed E-state index contributed by atoms with van der Waals surface area (Å²) < 4.78 is 2.06. The molecule has 0 aliphatic heterocycles. The number of imidazole rings is 1. The van der Waals surface area contributed by atoms with E-state index in [1.165, 1.54) is 0 Å². The van der Waals surface area contributed by atoms with Gasteiger partial charge in [-0.2, -0.15) is 0 Å². The summed E-state index contributed by atoms with van der Waals surface area (Å²) in [7, 11) is 0. The average Bonchev–Trinajstić information content (AvgIpc) is 2.98. The van der Waals surface area contributed by atoms with Crippen LogP contribution >= 0.6 is 34.5 Å². The summed E-state index contributed by atoms with van der Waals surface area (Å²) in [5.74, 6) is 1.21. The maximum absolute atomic E-state index is 6.04. The van der Waals surface area contributed by atoms with E-state index in [2.05, 4.69) is 14.5 Å². The number of alkyl halides is 1. The molecule has 0 amide bonds. The van der Waals surface area contributed by atoms with Crippen molar-refractivity contribution in [1.29, 1.82) is 0 Å². The van der Waals surface area contributed by atoms with Gasteiger partial charge in [-0.15, -0.1) is 22.9 Å². The molecule has 3 aromatic rings. The van der Waals surface area contributed by atoms with Crippen LogP contribution in [0.3, 0.4) is 0 Å². The van der Waals surface area contributed by atoms with Gasteiger partial charge >= 0.3 is 0 Å². The van der Waals surface area contributed by atoms with Gasteiger partial charge in [-0.05, 0) is 18.2 Å². The van der Waals surface area contributed by atoms with Crippen LogP contribution in [0.1, 0.15) is 10.8 Å². The molecule has 1 aromatic carbocycles. The van der Waals surface area contributed by atoms with Crippen LogP contribution < -0.4 is 0 Å². The number of nitrogens with zero attached hydrogens (tertiary/aromatic N) is 3. The molecule has 3 nitrogen and oxygen atoms in total. The molecule has 0 unspecified atom stereocenters. The molecule has 92 valence electrons. The molecule has 3 rings (SSSR count). The van der Waals surface area contributed by atoms with E-state index in [0.29, 0.717) is 17.4 Å². The first-order chi connectivity index (χ1) is 8.78. The second kappa shape index (κ2) is 4.88. The lowest BCUT2D eigenvalue weighted by Crippen LogP contribution is -2.03. The highest BCUT2D eigenvalue weighted by Crippen LogP contribution is 2.23. The number of hydrogen-bond donors (Lipinski definition) is 0. The number of aromatic nitrogens is 3. The predicted octanol–water partition coefficient (Wildman–Crippen LogP) is 3.93. The molecule has 0 aliphatic rings. The fourth-order valence-electron chi connectivity index (χ4n) is 1.89. The molecule has 0 radical (unpaired) electrons. The average molecular weight is 298 g/mol. The number of hydrogen-bond acceptors (Lipinski definition) is 3. The quantitative estimate of drug-likeness (QED) is 0.686. The summed E-state index contributed by atoms with van der Waals surface area (Å²) in [5.41, 5.74) is 1.90. The van der Waals surface area contributed by atoms with Crippen molar-refractivity contribution in [2.24, 2.45) is 0 Å². The van der Waals surface area contributed by atoms with Crippen molar-refractivity contribution in [1.82, 2.24) is 14.5 Å². The lowest BCUT2D eigenvalue weighted by Gasteiger charge is -2.05. The minimum absolute atomic E-state index is 0.373. The van der Waals surface area contributed by atoms with E-state index in [1.54, 1.807) is 17.5 Å². The number of fused-ring (bicyclic) bond motifs is 1. The highest BCUT2D eigenvalue weighted by Gasteiger charge is 2.11. The number of thiazole rings is 1. The maximum atomic E-state index is 6.04. The molecule has 0 saturated heterocycles. The first-order valence-electron chi connectivity index (χ1n) is 5.37. The normalized spacial score (nSPS) is 11.2. The van der Waals surface area contributed by atoms with Crippen molar-refractivity contribution in [3.63, 3.8) is 0 Å². The number of benzene rings is 1. The van der Waals surface area contributed by atoms with Gasteiger partial charge < -0.3 is 4.57 Å². The zero-order valence-electron chi connectivity index (χ0n) is 9.31. The van der Waals surface area contributed by atoms with E-state index in [9.17, 15) is 0 Å². The van der Waals surface area contributed by atoms with E-state index in [4.69, 9.17) is 23.2 Å². The standard InChI is InChI=1S/C12H9Cl2N3S/c13-6-11-16-9-2-1-8(14)5-10(9)17(11)7-12-15-3-4-18-12/h1-5H,6-7H2. The van der Waals surface area contributed by atoms with Crippen LogP contribution in [0.15, 0.2) is 29.8 Å². The van der Waals surface area contributed by atoms with Gasteiger partial charge in [0.25, 0.3) is 0 Å². The number of halogens is 2. The van der Waals surface area contributed by atoms with Crippen LogP contribution in [-0.4, -0.2) is 14.5 Å². The molecule has 0 saturated carbocycles. The molecule has 18 heavy (non-hydrogen) atoms. The second-order valence-corrected chi connectivity index (χ2v) is 5.49. The van der Waals surface area contributed by atoms with E-state index in [-0.39, 0.29) is 0 Å². The van der Waals surface area contributed by atoms with Gasteiger partial charge in [0.1, 0.15) is 10.8 Å². The van der Waals surface area contributed by atoms with Crippen molar-refractivity contribution in [2.75, 3.05) is 0 Å². The SMILES string of the molecule is ClCc1nc2ccc(Cl)cc2n1Cc1nccs1. The fraction of sp³-hybridized carbons (Fsp3) is 0.167. The Morgan fingerprint density at radius 2 is 2.22 bits per heavy atom. The molecule has 0 aliphatic carbocycles. The molecule has 2 aromatic heterocycles. The lowest BCUT2D eigenvalue weighted by molar-refractivity contribution is 0.773. The maximum Gasteiger partial charge on any atom is 0.125 e. The highest BCUT2D eigenvalue weighted by molar-refractivity contribution is 7.09. The third-order valence-electron chi connectivity index (χ3n) is 2.69. The van der Waals surface area contributed by atoms with Crippen molar-refractivity contribution in [3.8, 4) is 0 Å². The summed E-state index contributed by atoms with van der Waals surface area (Å²) in [6, 6.07) is 5.66. The molecule has 0 fully saturated rings. The zero-order valence-corrected chi connectivity index (χ0v) is 11.6.